The van der Waals surface area contributed by atoms with Gasteiger partial charge in [0.1, 0.15) is 5.02 Å². The lowest BCUT2D eigenvalue weighted by atomic mass is 10.1. The SMILES string of the molecule is CC.NC(=O)c1nc2c(n1Cc1ccccc1C(F)(F)F)CCN(c1cnn(PI)c(=O)c1Cl)C2. The van der Waals surface area contributed by atoms with Crippen LogP contribution in [0.1, 0.15) is 47.0 Å². The summed E-state index contributed by atoms with van der Waals surface area (Å²) in [6.45, 7) is 4.39. The van der Waals surface area contributed by atoms with Gasteiger partial charge in [-0.05, 0) is 33.7 Å². The third kappa shape index (κ3) is 5.64. The molecule has 1 unspecified atom stereocenters. The average Bonchev–Trinajstić information content (AvgIpc) is 3.19. The van der Waals surface area contributed by atoms with E-state index in [1.54, 1.807) is 4.90 Å². The minimum atomic E-state index is -4.54. The molecule has 35 heavy (non-hydrogen) atoms. The van der Waals surface area contributed by atoms with E-state index in [0.717, 1.165) is 6.07 Å². The number of aromatic nitrogens is 4. The van der Waals surface area contributed by atoms with Crippen molar-refractivity contribution in [3.8, 4) is 0 Å². The quantitative estimate of drug-likeness (QED) is 0.324. The van der Waals surface area contributed by atoms with E-state index >= 15 is 0 Å². The molecule has 3 heterocycles. The number of nitrogens with two attached hydrogens (primary N) is 1. The number of primary amides is 1. The van der Waals surface area contributed by atoms with Gasteiger partial charge in [0, 0.05) is 18.7 Å². The molecule has 0 saturated heterocycles. The average molecular weight is 641 g/mol. The van der Waals surface area contributed by atoms with Crippen molar-refractivity contribution in [3.63, 3.8) is 0 Å². The highest BCUT2D eigenvalue weighted by Gasteiger charge is 2.34. The van der Waals surface area contributed by atoms with E-state index < -0.39 is 23.2 Å². The first-order chi connectivity index (χ1) is 16.6. The maximum Gasteiger partial charge on any atom is 0.416 e. The second-order valence-corrected chi connectivity index (χ2v) is 9.67. The lowest BCUT2D eigenvalue weighted by Gasteiger charge is -2.29. The lowest BCUT2D eigenvalue weighted by Crippen LogP contribution is -2.33. The molecule has 1 atom stereocenters. The number of hydrogen-bond acceptors (Lipinski definition) is 5. The Morgan fingerprint density at radius 2 is 1.97 bits per heavy atom. The van der Waals surface area contributed by atoms with E-state index in [0.29, 0.717) is 30.0 Å². The molecule has 1 aliphatic rings. The number of benzene rings is 1. The van der Waals surface area contributed by atoms with Crippen molar-refractivity contribution >= 4 is 51.6 Å². The van der Waals surface area contributed by atoms with Gasteiger partial charge in [0.25, 0.3) is 11.5 Å². The minimum Gasteiger partial charge on any atom is -0.363 e. The Balaban J connectivity index is 0.00000167. The second kappa shape index (κ2) is 11.3. The molecule has 8 nitrogen and oxygen atoms in total. The Labute approximate surface area is 219 Å². The largest absolute Gasteiger partial charge is 0.416 e. The van der Waals surface area contributed by atoms with Crippen LogP contribution in [-0.2, 0) is 25.7 Å². The first-order valence-electron chi connectivity index (χ1n) is 10.5. The second-order valence-electron chi connectivity index (χ2n) is 7.25. The fraction of sp³-hybridized carbons (Fsp3) is 0.333. The zero-order valence-corrected chi connectivity index (χ0v) is 22.6. The number of nitrogens with zero attached hydrogens (tertiary/aromatic N) is 5. The smallest absolute Gasteiger partial charge is 0.363 e. The number of fused-ring (bicyclic) bond motifs is 1. The van der Waals surface area contributed by atoms with Crippen LogP contribution in [0.4, 0.5) is 18.9 Å². The zero-order chi connectivity index (χ0) is 25.9. The number of carbonyl (C=O) groups is 1. The minimum absolute atomic E-state index is 0.00520. The van der Waals surface area contributed by atoms with Crippen molar-refractivity contribution in [2.24, 2.45) is 5.73 Å². The van der Waals surface area contributed by atoms with Crippen molar-refractivity contribution in [2.75, 3.05) is 11.4 Å². The number of halogens is 5. The standard InChI is InChI=1S/C19H16ClF3IN6O2P.C2H6/c20-15-14(7-26-30(33-24)18(15)32)28-6-5-13-12(9-28)27-17(16(25)31)29(13)8-10-3-1-2-4-11(10)19(21,22)23;1-2/h1-4,7,33H,5-6,8-9H2,(H2,25,31);1-2H3. The van der Waals surface area contributed by atoms with Gasteiger partial charge in [0.15, 0.2) is 5.82 Å². The van der Waals surface area contributed by atoms with Crippen LogP contribution in [0, 0.1) is 0 Å². The summed E-state index contributed by atoms with van der Waals surface area (Å²) in [5.41, 5.74) is 5.82. The predicted octanol–water partition coefficient (Wildman–Crippen LogP) is 4.64. The number of alkyl halides is 3. The summed E-state index contributed by atoms with van der Waals surface area (Å²) >= 11 is 8.29. The first-order valence-corrected chi connectivity index (χ1v) is 15.0. The monoisotopic (exact) mass is 640 g/mol. The summed E-state index contributed by atoms with van der Waals surface area (Å²) in [4.78, 5) is 30.5. The molecule has 1 aromatic carbocycles. The van der Waals surface area contributed by atoms with Gasteiger partial charge >= 0.3 is 6.18 Å². The Bertz CT molecular complexity index is 1300. The van der Waals surface area contributed by atoms with Gasteiger partial charge in [0.05, 0.1) is 42.6 Å². The van der Waals surface area contributed by atoms with Gasteiger partial charge < -0.3 is 15.2 Å². The Kier molecular flexibility index (Phi) is 8.81. The molecule has 0 spiro atoms. The van der Waals surface area contributed by atoms with E-state index in [2.05, 4.69) is 10.1 Å². The summed E-state index contributed by atoms with van der Waals surface area (Å²) in [5, 5.41) is 4.12. The van der Waals surface area contributed by atoms with Gasteiger partial charge in [-0.3, -0.25) is 9.59 Å². The molecule has 4 rings (SSSR count). The molecule has 1 amide bonds. The highest BCUT2D eigenvalue weighted by Crippen LogP contribution is 2.34. The van der Waals surface area contributed by atoms with Crippen LogP contribution < -0.4 is 16.2 Å². The van der Waals surface area contributed by atoms with E-state index in [1.165, 1.54) is 33.4 Å². The number of anilines is 1. The molecule has 2 aromatic heterocycles. The van der Waals surface area contributed by atoms with Crippen molar-refractivity contribution < 1.29 is 18.0 Å². The first kappa shape index (κ1) is 27.4. The fourth-order valence-electron chi connectivity index (χ4n) is 3.82. The highest BCUT2D eigenvalue weighted by molar-refractivity contribution is 14.2. The Morgan fingerprint density at radius 1 is 1.29 bits per heavy atom. The molecule has 2 N–H and O–H groups in total. The van der Waals surface area contributed by atoms with E-state index in [-0.39, 0.29) is 35.9 Å². The van der Waals surface area contributed by atoms with Gasteiger partial charge in [0.2, 0.25) is 0 Å². The van der Waals surface area contributed by atoms with Crippen LogP contribution in [0.15, 0.2) is 35.3 Å². The maximum absolute atomic E-state index is 13.5. The number of rotatable bonds is 5. The van der Waals surface area contributed by atoms with Crippen molar-refractivity contribution in [1.29, 1.82) is 0 Å². The summed E-state index contributed by atoms with van der Waals surface area (Å²) < 4.78 is 43.1. The van der Waals surface area contributed by atoms with Crippen molar-refractivity contribution in [3.05, 3.63) is 74.2 Å². The third-order valence-corrected chi connectivity index (χ3v) is 7.51. The lowest BCUT2D eigenvalue weighted by molar-refractivity contribution is -0.138. The van der Waals surface area contributed by atoms with Crippen LogP contribution in [0.25, 0.3) is 0 Å². The number of amides is 1. The molecule has 0 fully saturated rings. The number of imidazole rings is 1. The van der Waals surface area contributed by atoms with Crippen LogP contribution in [0.5, 0.6) is 0 Å². The normalized spacial score (nSPS) is 13.5. The summed E-state index contributed by atoms with van der Waals surface area (Å²) in [5.74, 6) is -0.963. The molecule has 0 bridgehead atoms. The molecule has 188 valence electrons. The predicted molar refractivity (Wildman–Crippen MR) is 139 cm³/mol. The summed E-state index contributed by atoms with van der Waals surface area (Å²) in [6.07, 6.45) is -2.59. The summed E-state index contributed by atoms with van der Waals surface area (Å²) in [7, 11) is 0. The van der Waals surface area contributed by atoms with E-state index in [9.17, 15) is 22.8 Å². The highest BCUT2D eigenvalue weighted by atomic mass is 127. The Morgan fingerprint density at radius 3 is 2.60 bits per heavy atom. The molecular formula is C21H22ClF3IN6O2P. The molecular weight excluding hydrogens is 619 g/mol. The molecule has 1 aliphatic heterocycles. The maximum atomic E-state index is 13.5. The van der Waals surface area contributed by atoms with Crippen LogP contribution >= 0.6 is 40.0 Å². The van der Waals surface area contributed by atoms with Gasteiger partial charge in [-0.2, -0.15) is 18.3 Å². The topological polar surface area (TPSA) is 99.0 Å². The van der Waals surface area contributed by atoms with Crippen LogP contribution in [0.2, 0.25) is 5.02 Å². The van der Waals surface area contributed by atoms with Gasteiger partial charge in [-0.25, -0.2) is 9.44 Å². The fourth-order valence-corrected chi connectivity index (χ4v) is 5.46. The van der Waals surface area contributed by atoms with Crippen LogP contribution in [0.3, 0.4) is 0 Å². The molecule has 0 saturated carbocycles. The number of carbonyl (C=O) groups excluding carboxylic acids is 1. The van der Waals surface area contributed by atoms with E-state index in [1.807, 2.05) is 35.9 Å². The zero-order valence-electron chi connectivity index (χ0n) is 18.7. The summed E-state index contributed by atoms with van der Waals surface area (Å²) in [6, 6.07) is 5.18. The van der Waals surface area contributed by atoms with Crippen molar-refractivity contribution in [2.45, 2.75) is 39.5 Å². The molecule has 3 aromatic rings. The van der Waals surface area contributed by atoms with Crippen molar-refractivity contribution in [1.82, 2.24) is 19.1 Å². The van der Waals surface area contributed by atoms with Crippen LogP contribution in [-0.4, -0.2) is 31.6 Å². The van der Waals surface area contributed by atoms with Gasteiger partial charge in [-0.15, -0.1) is 0 Å². The third-order valence-electron chi connectivity index (χ3n) is 5.31. The molecule has 14 heteroatoms. The van der Waals surface area contributed by atoms with Gasteiger partial charge in [-0.1, -0.05) is 43.6 Å². The molecule has 0 radical (unpaired) electrons. The Hall–Kier alpha value is -2.18. The number of hydrogen-bond donors (Lipinski definition) is 1. The van der Waals surface area contributed by atoms with E-state index in [4.69, 9.17) is 17.3 Å². The molecule has 0 aliphatic carbocycles.